The standard InChI is InChI=1S/C15H11FN2O/c16-14-10-12(19)6-7-13(14)15-8-9-17-18(15)11-4-2-1-3-5-11/h1-10,19H. The third kappa shape index (κ3) is 2.08. The number of aromatic hydroxyl groups is 1. The zero-order chi connectivity index (χ0) is 13.2. The molecule has 0 bridgehead atoms. The van der Waals surface area contributed by atoms with Gasteiger partial charge >= 0.3 is 0 Å². The van der Waals surface area contributed by atoms with Crippen molar-refractivity contribution in [3.63, 3.8) is 0 Å². The number of phenols is 1. The summed E-state index contributed by atoms with van der Waals surface area (Å²) in [6.07, 6.45) is 1.62. The van der Waals surface area contributed by atoms with Crippen molar-refractivity contribution >= 4 is 0 Å². The summed E-state index contributed by atoms with van der Waals surface area (Å²) in [5.74, 6) is -0.565. The van der Waals surface area contributed by atoms with Crippen molar-refractivity contribution in [2.75, 3.05) is 0 Å². The molecule has 2 aromatic carbocycles. The molecule has 19 heavy (non-hydrogen) atoms. The van der Waals surface area contributed by atoms with Gasteiger partial charge in [0.15, 0.2) is 0 Å². The summed E-state index contributed by atoms with van der Waals surface area (Å²) >= 11 is 0. The minimum Gasteiger partial charge on any atom is -0.508 e. The van der Waals surface area contributed by atoms with Crippen molar-refractivity contribution in [1.29, 1.82) is 0 Å². The zero-order valence-electron chi connectivity index (χ0n) is 9.99. The first-order valence-corrected chi connectivity index (χ1v) is 5.84. The van der Waals surface area contributed by atoms with E-state index in [1.807, 2.05) is 30.3 Å². The number of phenolic OH excluding ortho intramolecular Hbond substituents is 1. The maximum Gasteiger partial charge on any atom is 0.136 e. The van der Waals surface area contributed by atoms with E-state index in [0.29, 0.717) is 11.3 Å². The maximum atomic E-state index is 13.9. The highest BCUT2D eigenvalue weighted by Gasteiger charge is 2.12. The molecule has 0 atom stereocenters. The largest absolute Gasteiger partial charge is 0.508 e. The van der Waals surface area contributed by atoms with Crippen LogP contribution in [0.25, 0.3) is 16.9 Å². The summed E-state index contributed by atoms with van der Waals surface area (Å²) < 4.78 is 15.6. The Morgan fingerprint density at radius 2 is 1.79 bits per heavy atom. The van der Waals surface area contributed by atoms with Gasteiger partial charge in [-0.3, -0.25) is 0 Å². The van der Waals surface area contributed by atoms with Crippen LogP contribution < -0.4 is 0 Å². The van der Waals surface area contributed by atoms with Gasteiger partial charge in [0.2, 0.25) is 0 Å². The highest BCUT2D eigenvalue weighted by Crippen LogP contribution is 2.27. The molecular weight excluding hydrogens is 243 g/mol. The number of benzene rings is 2. The Labute approximate surface area is 109 Å². The number of aromatic nitrogens is 2. The van der Waals surface area contributed by atoms with Crippen molar-refractivity contribution in [1.82, 2.24) is 9.78 Å². The fraction of sp³-hybridized carbons (Fsp3) is 0. The van der Waals surface area contributed by atoms with Crippen LogP contribution in [-0.2, 0) is 0 Å². The van der Waals surface area contributed by atoms with E-state index in [1.165, 1.54) is 6.07 Å². The summed E-state index contributed by atoms with van der Waals surface area (Å²) in [7, 11) is 0. The van der Waals surface area contributed by atoms with E-state index >= 15 is 0 Å². The van der Waals surface area contributed by atoms with Gasteiger partial charge in [-0.25, -0.2) is 9.07 Å². The van der Waals surface area contributed by atoms with Crippen LogP contribution in [0.2, 0.25) is 0 Å². The molecule has 0 unspecified atom stereocenters. The smallest absolute Gasteiger partial charge is 0.136 e. The predicted molar refractivity (Wildman–Crippen MR) is 70.6 cm³/mol. The fourth-order valence-electron chi connectivity index (χ4n) is 1.99. The Balaban J connectivity index is 2.15. The first-order chi connectivity index (χ1) is 9.25. The molecule has 3 aromatic rings. The van der Waals surface area contributed by atoms with Crippen LogP contribution >= 0.6 is 0 Å². The zero-order valence-corrected chi connectivity index (χ0v) is 9.99. The van der Waals surface area contributed by atoms with Crippen molar-refractivity contribution in [2.24, 2.45) is 0 Å². The normalized spacial score (nSPS) is 10.6. The summed E-state index contributed by atoms with van der Waals surface area (Å²) in [6, 6.07) is 15.3. The van der Waals surface area contributed by atoms with Crippen molar-refractivity contribution in [3.05, 3.63) is 66.6 Å². The van der Waals surface area contributed by atoms with Crippen molar-refractivity contribution in [3.8, 4) is 22.7 Å². The van der Waals surface area contributed by atoms with E-state index in [0.717, 1.165) is 11.8 Å². The Bertz CT molecular complexity index is 707. The molecule has 0 spiro atoms. The van der Waals surface area contributed by atoms with E-state index in [2.05, 4.69) is 5.10 Å². The third-order valence-corrected chi connectivity index (χ3v) is 2.87. The molecule has 0 fully saturated rings. The molecule has 0 saturated carbocycles. The van der Waals surface area contributed by atoms with Crippen LogP contribution in [0.1, 0.15) is 0 Å². The van der Waals surface area contributed by atoms with Gasteiger partial charge in [0, 0.05) is 11.6 Å². The molecule has 3 nitrogen and oxygen atoms in total. The van der Waals surface area contributed by atoms with Crippen LogP contribution in [0.5, 0.6) is 5.75 Å². The summed E-state index contributed by atoms with van der Waals surface area (Å²) in [4.78, 5) is 0. The summed E-state index contributed by atoms with van der Waals surface area (Å²) in [5, 5.41) is 13.5. The van der Waals surface area contributed by atoms with E-state index in [-0.39, 0.29) is 5.75 Å². The summed E-state index contributed by atoms with van der Waals surface area (Å²) in [6.45, 7) is 0. The SMILES string of the molecule is Oc1ccc(-c2ccnn2-c2ccccc2)c(F)c1. The second-order valence-electron chi connectivity index (χ2n) is 4.13. The fourth-order valence-corrected chi connectivity index (χ4v) is 1.99. The Kier molecular flexibility index (Phi) is 2.76. The van der Waals surface area contributed by atoms with Crippen molar-refractivity contribution < 1.29 is 9.50 Å². The van der Waals surface area contributed by atoms with E-state index in [9.17, 15) is 9.50 Å². The first kappa shape index (κ1) is 11.5. The van der Waals surface area contributed by atoms with Crippen molar-refractivity contribution in [2.45, 2.75) is 0 Å². The van der Waals surface area contributed by atoms with Crippen LogP contribution in [0.15, 0.2) is 60.8 Å². The molecule has 0 radical (unpaired) electrons. The van der Waals surface area contributed by atoms with Crippen LogP contribution in [-0.4, -0.2) is 14.9 Å². The maximum absolute atomic E-state index is 13.9. The lowest BCUT2D eigenvalue weighted by Gasteiger charge is -2.08. The molecule has 0 aliphatic carbocycles. The molecule has 3 rings (SSSR count). The number of rotatable bonds is 2. The lowest BCUT2D eigenvalue weighted by Crippen LogP contribution is -1.99. The lowest BCUT2D eigenvalue weighted by atomic mass is 10.1. The second-order valence-corrected chi connectivity index (χ2v) is 4.13. The van der Waals surface area contributed by atoms with E-state index in [4.69, 9.17) is 0 Å². The molecule has 1 heterocycles. The molecule has 0 amide bonds. The molecular formula is C15H11FN2O. The number of nitrogens with zero attached hydrogens (tertiary/aromatic N) is 2. The third-order valence-electron chi connectivity index (χ3n) is 2.87. The Hall–Kier alpha value is -2.62. The van der Waals surface area contributed by atoms with Crippen LogP contribution in [0.3, 0.4) is 0 Å². The molecule has 0 aliphatic rings. The van der Waals surface area contributed by atoms with Gasteiger partial charge in [-0.15, -0.1) is 0 Å². The summed E-state index contributed by atoms with van der Waals surface area (Å²) in [5.41, 5.74) is 1.90. The van der Waals surface area contributed by atoms with Gasteiger partial charge in [-0.2, -0.15) is 5.10 Å². The van der Waals surface area contributed by atoms with Crippen LogP contribution in [0.4, 0.5) is 4.39 Å². The average molecular weight is 254 g/mol. The minimum atomic E-state index is -0.474. The monoisotopic (exact) mass is 254 g/mol. The number of hydrogen-bond donors (Lipinski definition) is 1. The van der Waals surface area contributed by atoms with E-state index in [1.54, 1.807) is 23.0 Å². The topological polar surface area (TPSA) is 38.1 Å². The predicted octanol–water partition coefficient (Wildman–Crippen LogP) is 3.38. The van der Waals surface area contributed by atoms with Gasteiger partial charge in [0.1, 0.15) is 11.6 Å². The van der Waals surface area contributed by atoms with Gasteiger partial charge in [0.05, 0.1) is 17.6 Å². The first-order valence-electron chi connectivity index (χ1n) is 5.84. The van der Waals surface area contributed by atoms with E-state index < -0.39 is 5.82 Å². The van der Waals surface area contributed by atoms with Gasteiger partial charge in [0.25, 0.3) is 0 Å². The highest BCUT2D eigenvalue weighted by atomic mass is 19.1. The lowest BCUT2D eigenvalue weighted by molar-refractivity contribution is 0.469. The molecule has 94 valence electrons. The van der Waals surface area contributed by atoms with Crippen LogP contribution in [0, 0.1) is 5.82 Å². The van der Waals surface area contributed by atoms with Gasteiger partial charge in [-0.05, 0) is 30.3 Å². The average Bonchev–Trinajstić information content (AvgIpc) is 2.89. The molecule has 1 N–H and O–H groups in total. The quantitative estimate of drug-likeness (QED) is 0.761. The number of hydrogen-bond acceptors (Lipinski definition) is 2. The molecule has 0 aliphatic heterocycles. The Morgan fingerprint density at radius 1 is 1.00 bits per heavy atom. The number of halogens is 1. The molecule has 1 aromatic heterocycles. The van der Waals surface area contributed by atoms with Gasteiger partial charge in [-0.1, -0.05) is 18.2 Å². The molecule has 4 heteroatoms. The second kappa shape index (κ2) is 4.57. The minimum absolute atomic E-state index is 0.0907. The highest BCUT2D eigenvalue weighted by molar-refractivity contribution is 5.63. The molecule has 0 saturated heterocycles. The van der Waals surface area contributed by atoms with Gasteiger partial charge < -0.3 is 5.11 Å². The number of para-hydroxylation sites is 1. The Morgan fingerprint density at radius 3 is 2.53 bits per heavy atom.